The van der Waals surface area contributed by atoms with E-state index in [4.69, 9.17) is 0 Å². The number of hydrogen-bond donors (Lipinski definition) is 0. The van der Waals surface area contributed by atoms with Crippen molar-refractivity contribution >= 4 is 0 Å². The first kappa shape index (κ1) is 34.5. The second-order valence-electron chi connectivity index (χ2n) is 10.6. The number of hydrogen-bond acceptors (Lipinski definition) is 4. The molecule has 8 rings (SSSR count). The Morgan fingerprint density at radius 2 is 0.694 bits per heavy atom. The zero-order valence-corrected chi connectivity index (χ0v) is 29.0. The first-order valence-electron chi connectivity index (χ1n) is 15.6. The summed E-state index contributed by atoms with van der Waals surface area (Å²) < 4.78 is 0. The third kappa shape index (κ3) is 10.1. The molecule has 0 aliphatic heterocycles. The van der Waals surface area contributed by atoms with Crippen molar-refractivity contribution in [1.29, 1.82) is 0 Å². The van der Waals surface area contributed by atoms with Crippen LogP contribution >= 0.6 is 0 Å². The number of pyridine rings is 4. The predicted octanol–water partition coefficient (Wildman–Crippen LogP) is 10.6. The molecule has 0 spiro atoms. The van der Waals surface area contributed by atoms with Crippen LogP contribution in [0.3, 0.4) is 0 Å². The Hall–Kier alpha value is -5.87. The molecule has 4 nitrogen and oxygen atoms in total. The number of nitrogens with zero attached hydrogens (tertiary/aromatic N) is 4. The number of rotatable bonds is 5. The summed E-state index contributed by atoms with van der Waals surface area (Å²) in [4.78, 5) is 17.5. The van der Waals surface area contributed by atoms with Crippen LogP contribution in [0, 0.1) is 12.1 Å². The Labute approximate surface area is 301 Å². The molecule has 8 aromatic rings. The second-order valence-corrected chi connectivity index (χ2v) is 10.6. The summed E-state index contributed by atoms with van der Waals surface area (Å²) in [5, 5.41) is 0. The molecule has 0 N–H and O–H groups in total. The van der Waals surface area contributed by atoms with Crippen molar-refractivity contribution < 1.29 is 20.1 Å². The Balaban J connectivity index is 0.000000157. The summed E-state index contributed by atoms with van der Waals surface area (Å²) >= 11 is 0. The van der Waals surface area contributed by atoms with Crippen molar-refractivity contribution in [2.45, 2.75) is 0 Å². The summed E-state index contributed by atoms with van der Waals surface area (Å²) in [7, 11) is 0. The van der Waals surface area contributed by atoms with Gasteiger partial charge in [-0.3, -0.25) is 9.97 Å². The maximum Gasteiger partial charge on any atom is 0.0892 e. The first-order chi connectivity index (χ1) is 23.8. The molecule has 0 atom stereocenters. The van der Waals surface area contributed by atoms with E-state index in [1.165, 1.54) is 11.1 Å². The van der Waals surface area contributed by atoms with E-state index in [9.17, 15) is 0 Å². The van der Waals surface area contributed by atoms with Gasteiger partial charge in [0.2, 0.25) is 0 Å². The van der Waals surface area contributed by atoms with Crippen LogP contribution in [0.5, 0.6) is 0 Å². The van der Waals surface area contributed by atoms with Crippen molar-refractivity contribution in [3.8, 4) is 56.2 Å². The van der Waals surface area contributed by atoms with Crippen LogP contribution in [0.2, 0.25) is 0 Å². The molecule has 1 radical (unpaired) electrons. The monoisotopic (exact) mass is 809 g/mol. The largest absolute Gasteiger partial charge is 0.305 e. The topological polar surface area (TPSA) is 51.6 Å². The van der Waals surface area contributed by atoms with Gasteiger partial charge in [0.1, 0.15) is 0 Å². The predicted molar refractivity (Wildman–Crippen MR) is 195 cm³/mol. The third-order valence-corrected chi connectivity index (χ3v) is 7.30. The van der Waals surface area contributed by atoms with E-state index in [0.717, 1.165) is 45.0 Å². The van der Waals surface area contributed by atoms with Crippen LogP contribution in [0.25, 0.3) is 56.2 Å². The molecule has 0 bridgehead atoms. The number of aromatic nitrogens is 4. The van der Waals surface area contributed by atoms with E-state index in [-0.39, 0.29) is 20.1 Å². The molecule has 0 fully saturated rings. The average Bonchev–Trinajstić information content (AvgIpc) is 3.20. The average molecular weight is 809 g/mol. The van der Waals surface area contributed by atoms with Gasteiger partial charge in [-0.1, -0.05) is 84.9 Å². The molecule has 4 aromatic carbocycles. The van der Waals surface area contributed by atoms with Crippen molar-refractivity contribution in [2.75, 3.05) is 0 Å². The van der Waals surface area contributed by atoms with E-state index in [2.05, 4.69) is 68.5 Å². The van der Waals surface area contributed by atoms with Gasteiger partial charge in [-0.2, -0.15) is 0 Å². The first-order valence-corrected chi connectivity index (χ1v) is 15.6. The SMILES string of the molecule is [Ir].[c-]1ccccc1-c1ccccn1.[c-]1ccccc1-c1ccccn1.c1ccc(-c2ccnc(-c3cc(-c4ccccc4)ccn3)c2)cc1. The fourth-order valence-electron chi connectivity index (χ4n) is 4.91. The smallest absolute Gasteiger partial charge is 0.0892 e. The molecule has 4 aromatic heterocycles. The van der Waals surface area contributed by atoms with Gasteiger partial charge in [0.15, 0.2) is 0 Å². The summed E-state index contributed by atoms with van der Waals surface area (Å²) in [6, 6.07) is 62.5. The molecule has 0 aliphatic carbocycles. The van der Waals surface area contributed by atoms with Crippen LogP contribution in [0.1, 0.15) is 0 Å². The fraction of sp³-hybridized carbons (Fsp3) is 0. The van der Waals surface area contributed by atoms with Gasteiger partial charge in [0.25, 0.3) is 0 Å². The van der Waals surface area contributed by atoms with E-state index in [1.54, 1.807) is 12.4 Å². The van der Waals surface area contributed by atoms with Gasteiger partial charge in [-0.15, -0.1) is 71.8 Å². The van der Waals surface area contributed by atoms with Gasteiger partial charge in [0.05, 0.1) is 11.4 Å². The van der Waals surface area contributed by atoms with Crippen LogP contribution in [-0.2, 0) is 20.1 Å². The fourth-order valence-corrected chi connectivity index (χ4v) is 4.91. The van der Waals surface area contributed by atoms with Gasteiger partial charge in [0, 0.05) is 44.9 Å². The minimum Gasteiger partial charge on any atom is -0.305 e. The minimum absolute atomic E-state index is 0. The number of benzene rings is 4. The molecule has 0 saturated carbocycles. The third-order valence-electron chi connectivity index (χ3n) is 7.30. The summed E-state index contributed by atoms with van der Waals surface area (Å²) in [5.41, 5.74) is 10.4. The molecule has 5 heteroatoms. The van der Waals surface area contributed by atoms with Gasteiger partial charge in [-0.25, -0.2) is 0 Å². The Bertz CT molecular complexity index is 1870. The van der Waals surface area contributed by atoms with Crippen LogP contribution in [0.15, 0.2) is 195 Å². The van der Waals surface area contributed by atoms with Gasteiger partial charge < -0.3 is 9.97 Å². The van der Waals surface area contributed by atoms with Crippen LogP contribution in [0.4, 0.5) is 0 Å². The molecule has 0 saturated heterocycles. The maximum atomic E-state index is 4.51. The van der Waals surface area contributed by atoms with E-state index < -0.39 is 0 Å². The van der Waals surface area contributed by atoms with Gasteiger partial charge >= 0.3 is 0 Å². The molecule has 4 heterocycles. The van der Waals surface area contributed by atoms with Crippen LogP contribution in [-0.4, -0.2) is 19.9 Å². The Morgan fingerprint density at radius 3 is 1.06 bits per heavy atom. The zero-order valence-electron chi connectivity index (χ0n) is 26.6. The molecular weight excluding hydrogens is 777 g/mol. The summed E-state index contributed by atoms with van der Waals surface area (Å²) in [6.07, 6.45) is 7.26. The molecular formula is C44H32IrN4-2. The van der Waals surface area contributed by atoms with Crippen molar-refractivity contribution in [3.05, 3.63) is 207 Å². The Kier molecular flexibility index (Phi) is 13.0. The van der Waals surface area contributed by atoms with E-state index >= 15 is 0 Å². The van der Waals surface area contributed by atoms with Crippen molar-refractivity contribution in [1.82, 2.24) is 19.9 Å². The second kappa shape index (κ2) is 18.5. The van der Waals surface area contributed by atoms with Crippen LogP contribution < -0.4 is 0 Å². The van der Waals surface area contributed by atoms with E-state index in [0.29, 0.717) is 0 Å². The van der Waals surface area contributed by atoms with Gasteiger partial charge in [-0.05, 0) is 70.0 Å². The molecule has 239 valence electrons. The maximum absolute atomic E-state index is 4.51. The summed E-state index contributed by atoms with van der Waals surface area (Å²) in [5.74, 6) is 0. The quantitative estimate of drug-likeness (QED) is 0.163. The molecule has 0 unspecified atom stereocenters. The van der Waals surface area contributed by atoms with Crippen molar-refractivity contribution in [2.24, 2.45) is 0 Å². The normalized spacial score (nSPS) is 9.88. The summed E-state index contributed by atoms with van der Waals surface area (Å²) in [6.45, 7) is 0. The zero-order chi connectivity index (χ0) is 32.6. The molecule has 49 heavy (non-hydrogen) atoms. The standard InChI is InChI=1S/C22H16N2.2C11H8N.Ir/c1-3-7-17(8-4-1)19-11-13-23-21(15-19)22-16-20(12-14-24-22)18-9-5-2-6-10-18;2*1-2-6-10(7-3-1)11-8-4-5-9-12-11;/h1-16H;2*1-6,8-9H;/q;2*-1;. The van der Waals surface area contributed by atoms with Crippen molar-refractivity contribution in [3.63, 3.8) is 0 Å². The minimum atomic E-state index is 0. The molecule has 0 aliphatic rings. The molecule has 0 amide bonds. The Morgan fingerprint density at radius 1 is 0.306 bits per heavy atom. The van der Waals surface area contributed by atoms with E-state index in [1.807, 2.05) is 146 Å².